The van der Waals surface area contributed by atoms with Gasteiger partial charge in [-0.1, -0.05) is 19.9 Å². The summed E-state index contributed by atoms with van der Waals surface area (Å²) in [5.41, 5.74) is 10.8. The van der Waals surface area contributed by atoms with Crippen LogP contribution in [0.25, 0.3) is 5.57 Å². The standard InChI is InChI=1S/C17H25N5O2/c1-5-6-7-22(4)17(24)21-14-8-13(11-23)16(15(18)9-14)12(2)10-20-19-3/h8-11,19H,2,5-7,18H2,1,3-4H3,(H,21,24)/b20-10-. The highest BCUT2D eigenvalue weighted by molar-refractivity contribution is 6.14. The molecule has 24 heavy (non-hydrogen) atoms. The third-order valence-corrected chi connectivity index (χ3v) is 3.44. The SMILES string of the molecule is C=C(/C=N\NC)c1c(N)cc(NC(=O)N(C)CCCC)cc1C=O. The van der Waals surface area contributed by atoms with Crippen LogP contribution in [0.4, 0.5) is 16.2 Å². The number of aldehydes is 1. The van der Waals surface area contributed by atoms with E-state index < -0.39 is 0 Å². The van der Waals surface area contributed by atoms with Gasteiger partial charge >= 0.3 is 6.03 Å². The van der Waals surface area contributed by atoms with Crippen molar-refractivity contribution in [2.75, 3.05) is 31.7 Å². The van der Waals surface area contributed by atoms with Crippen molar-refractivity contribution >= 4 is 35.5 Å². The Labute approximate surface area is 142 Å². The van der Waals surface area contributed by atoms with E-state index in [1.807, 2.05) is 0 Å². The number of carbonyl (C=O) groups is 2. The maximum atomic E-state index is 12.1. The Morgan fingerprint density at radius 2 is 2.17 bits per heavy atom. The predicted molar refractivity (Wildman–Crippen MR) is 99.4 cm³/mol. The largest absolute Gasteiger partial charge is 0.398 e. The first-order valence-electron chi connectivity index (χ1n) is 7.74. The normalized spacial score (nSPS) is 10.5. The smallest absolute Gasteiger partial charge is 0.321 e. The molecule has 0 bridgehead atoms. The average molecular weight is 331 g/mol. The number of unbranched alkanes of at least 4 members (excludes halogenated alkanes) is 1. The van der Waals surface area contributed by atoms with E-state index in [9.17, 15) is 9.59 Å². The molecule has 0 fully saturated rings. The number of hydrogen-bond acceptors (Lipinski definition) is 5. The lowest BCUT2D eigenvalue weighted by Crippen LogP contribution is -2.32. The molecule has 7 nitrogen and oxygen atoms in total. The van der Waals surface area contributed by atoms with Crippen LogP contribution in [0, 0.1) is 0 Å². The minimum atomic E-state index is -0.247. The van der Waals surface area contributed by atoms with E-state index in [0.29, 0.717) is 40.9 Å². The van der Waals surface area contributed by atoms with Crippen LogP contribution in [0.15, 0.2) is 23.8 Å². The van der Waals surface area contributed by atoms with E-state index in [2.05, 4.69) is 29.3 Å². The van der Waals surface area contributed by atoms with Crippen LogP contribution in [0.1, 0.15) is 35.7 Å². The number of allylic oxidation sites excluding steroid dienone is 1. The molecule has 0 saturated carbocycles. The van der Waals surface area contributed by atoms with Gasteiger partial charge in [0.1, 0.15) is 0 Å². The van der Waals surface area contributed by atoms with Gasteiger partial charge in [0.15, 0.2) is 6.29 Å². The van der Waals surface area contributed by atoms with Crippen LogP contribution in [0.3, 0.4) is 0 Å². The summed E-state index contributed by atoms with van der Waals surface area (Å²) in [6, 6.07) is 2.93. The predicted octanol–water partition coefficient (Wildman–Crippen LogP) is 2.56. The van der Waals surface area contributed by atoms with Gasteiger partial charge in [0.05, 0.1) is 6.21 Å². The molecule has 0 aliphatic heterocycles. The van der Waals surface area contributed by atoms with Crippen molar-refractivity contribution in [2.45, 2.75) is 19.8 Å². The molecule has 2 amide bonds. The van der Waals surface area contributed by atoms with E-state index in [1.54, 1.807) is 31.1 Å². The lowest BCUT2D eigenvalue weighted by molar-refractivity contribution is 0.112. The maximum Gasteiger partial charge on any atom is 0.321 e. The molecule has 1 rings (SSSR count). The number of nitrogen functional groups attached to an aromatic ring is 1. The van der Waals surface area contributed by atoms with Crippen LogP contribution in [-0.4, -0.2) is 44.1 Å². The molecule has 0 aliphatic rings. The Kier molecular flexibility index (Phi) is 7.48. The fourth-order valence-corrected chi connectivity index (χ4v) is 2.15. The number of urea groups is 1. The molecular formula is C17H25N5O2. The van der Waals surface area contributed by atoms with Gasteiger partial charge in [-0.25, -0.2) is 4.79 Å². The van der Waals surface area contributed by atoms with Gasteiger partial charge in [-0.05, 0) is 24.1 Å². The van der Waals surface area contributed by atoms with E-state index >= 15 is 0 Å². The number of benzene rings is 1. The number of carbonyl (C=O) groups excluding carboxylic acids is 2. The van der Waals surface area contributed by atoms with Gasteiger partial charge in [-0.2, -0.15) is 5.10 Å². The number of anilines is 2. The highest BCUT2D eigenvalue weighted by Gasteiger charge is 2.14. The molecule has 7 heteroatoms. The van der Waals surface area contributed by atoms with E-state index in [4.69, 9.17) is 5.73 Å². The number of nitrogens with one attached hydrogen (secondary N) is 2. The minimum absolute atomic E-state index is 0.247. The summed E-state index contributed by atoms with van der Waals surface area (Å²) >= 11 is 0. The Morgan fingerprint density at radius 3 is 2.75 bits per heavy atom. The first-order chi connectivity index (χ1) is 11.4. The summed E-state index contributed by atoms with van der Waals surface area (Å²) in [5, 5.41) is 6.61. The fraction of sp³-hybridized carbons (Fsp3) is 0.353. The van der Waals surface area contributed by atoms with Crippen molar-refractivity contribution in [1.29, 1.82) is 0 Å². The van der Waals surface area contributed by atoms with Crippen molar-refractivity contribution < 1.29 is 9.59 Å². The topological polar surface area (TPSA) is 99.8 Å². The van der Waals surface area contributed by atoms with Gasteiger partial charge < -0.3 is 21.4 Å². The Morgan fingerprint density at radius 1 is 1.46 bits per heavy atom. The second-order valence-electron chi connectivity index (χ2n) is 5.36. The number of nitrogens with two attached hydrogens (primary N) is 1. The first-order valence-corrected chi connectivity index (χ1v) is 7.74. The fourth-order valence-electron chi connectivity index (χ4n) is 2.15. The molecule has 0 heterocycles. The zero-order valence-corrected chi connectivity index (χ0v) is 14.4. The monoisotopic (exact) mass is 331 g/mol. The lowest BCUT2D eigenvalue weighted by atomic mass is 9.99. The van der Waals surface area contributed by atoms with E-state index in [-0.39, 0.29) is 6.03 Å². The van der Waals surface area contributed by atoms with Gasteiger partial charge in [0.25, 0.3) is 0 Å². The molecule has 0 aliphatic carbocycles. The molecule has 0 spiro atoms. The Balaban J connectivity index is 3.02. The highest BCUT2D eigenvalue weighted by atomic mass is 16.2. The molecule has 0 aromatic heterocycles. The Hall–Kier alpha value is -2.83. The zero-order chi connectivity index (χ0) is 18.1. The molecule has 1 aromatic carbocycles. The van der Waals surface area contributed by atoms with Crippen molar-refractivity contribution in [3.63, 3.8) is 0 Å². The maximum absolute atomic E-state index is 12.1. The van der Waals surface area contributed by atoms with Crippen molar-refractivity contribution in [2.24, 2.45) is 5.10 Å². The number of rotatable bonds is 8. The molecule has 1 aromatic rings. The zero-order valence-electron chi connectivity index (χ0n) is 14.4. The van der Waals surface area contributed by atoms with Crippen LogP contribution < -0.4 is 16.5 Å². The second-order valence-corrected chi connectivity index (χ2v) is 5.36. The molecule has 0 atom stereocenters. The number of amides is 2. The number of hydrazone groups is 1. The molecular weight excluding hydrogens is 306 g/mol. The van der Waals surface area contributed by atoms with E-state index in [1.165, 1.54) is 6.21 Å². The molecule has 4 N–H and O–H groups in total. The number of nitrogens with zero attached hydrogens (tertiary/aromatic N) is 2. The average Bonchev–Trinajstić information content (AvgIpc) is 2.56. The summed E-state index contributed by atoms with van der Waals surface area (Å²) in [5.74, 6) is 0. The van der Waals surface area contributed by atoms with Gasteiger partial charge in [0, 0.05) is 43.1 Å². The summed E-state index contributed by atoms with van der Waals surface area (Å²) < 4.78 is 0. The van der Waals surface area contributed by atoms with Crippen molar-refractivity contribution in [1.82, 2.24) is 10.3 Å². The molecule has 0 unspecified atom stereocenters. The van der Waals surface area contributed by atoms with Crippen molar-refractivity contribution in [3.8, 4) is 0 Å². The van der Waals surface area contributed by atoms with Crippen LogP contribution >= 0.6 is 0 Å². The highest BCUT2D eigenvalue weighted by Crippen LogP contribution is 2.27. The van der Waals surface area contributed by atoms with Gasteiger partial charge in [-0.3, -0.25) is 4.79 Å². The third kappa shape index (κ3) is 5.12. The molecule has 0 saturated heterocycles. The minimum Gasteiger partial charge on any atom is -0.398 e. The number of hydrogen-bond donors (Lipinski definition) is 3. The van der Waals surface area contributed by atoms with Gasteiger partial charge in [0.2, 0.25) is 0 Å². The third-order valence-electron chi connectivity index (χ3n) is 3.44. The Bertz CT molecular complexity index is 640. The van der Waals surface area contributed by atoms with Crippen molar-refractivity contribution in [3.05, 3.63) is 29.8 Å². The summed E-state index contributed by atoms with van der Waals surface area (Å²) in [7, 11) is 3.38. The summed E-state index contributed by atoms with van der Waals surface area (Å²) in [6.07, 6.45) is 4.09. The lowest BCUT2D eigenvalue weighted by Gasteiger charge is -2.18. The van der Waals surface area contributed by atoms with Crippen LogP contribution in [0.2, 0.25) is 0 Å². The first kappa shape index (κ1) is 19.2. The van der Waals surface area contributed by atoms with Crippen LogP contribution in [0.5, 0.6) is 0 Å². The molecule has 0 radical (unpaired) electrons. The quantitative estimate of drug-likeness (QED) is 0.295. The second kappa shape index (κ2) is 9.34. The van der Waals surface area contributed by atoms with Gasteiger partial charge in [-0.15, -0.1) is 0 Å². The van der Waals surface area contributed by atoms with Crippen LogP contribution in [-0.2, 0) is 0 Å². The summed E-state index contributed by atoms with van der Waals surface area (Å²) in [4.78, 5) is 25.1. The van der Waals surface area contributed by atoms with E-state index in [0.717, 1.165) is 12.8 Å². The summed E-state index contributed by atoms with van der Waals surface area (Å²) in [6.45, 7) is 6.58. The molecule has 130 valence electrons.